The van der Waals surface area contributed by atoms with Crippen molar-refractivity contribution in [1.29, 1.82) is 0 Å². The summed E-state index contributed by atoms with van der Waals surface area (Å²) < 4.78 is 4.56. The van der Waals surface area contributed by atoms with Gasteiger partial charge in [-0.05, 0) is 24.3 Å². The van der Waals surface area contributed by atoms with Crippen LogP contribution in [0.4, 0.5) is 0 Å². The number of nitrogens with zero attached hydrogens (tertiary/aromatic N) is 2. The Hall–Kier alpha value is -3.91. The highest BCUT2D eigenvalue weighted by Gasteiger charge is 2.28. The Morgan fingerprint density at radius 1 is 0.483 bits per heavy atom. The predicted octanol–water partition coefficient (Wildman–Crippen LogP) is 6.09. The molecule has 4 aromatic carbocycles. The van der Waals surface area contributed by atoms with Gasteiger partial charge in [-0.3, -0.25) is 0 Å². The van der Waals surface area contributed by atoms with Crippen molar-refractivity contribution in [3.05, 3.63) is 128 Å². The summed E-state index contributed by atoms with van der Waals surface area (Å²) in [5.41, 5.74) is 6.99. The van der Waals surface area contributed by atoms with Crippen LogP contribution in [0.2, 0.25) is 0 Å². The Bertz CT molecular complexity index is 1110. The van der Waals surface area contributed by atoms with E-state index in [2.05, 4.69) is 137 Å². The van der Waals surface area contributed by atoms with Crippen molar-refractivity contribution in [3.8, 4) is 33.9 Å². The fourth-order valence-electron chi connectivity index (χ4n) is 3.77. The number of hydrogen-bond acceptors (Lipinski definition) is 0. The maximum atomic E-state index is 2.28. The Balaban J connectivity index is 1.89. The molecule has 0 saturated heterocycles. The third-order valence-electron chi connectivity index (χ3n) is 5.10. The van der Waals surface area contributed by atoms with Crippen molar-refractivity contribution in [3.63, 3.8) is 0 Å². The van der Waals surface area contributed by atoms with E-state index < -0.39 is 0 Å². The minimum atomic E-state index is 1.14. The molecule has 2 nitrogen and oxygen atoms in total. The highest BCUT2D eigenvalue weighted by Crippen LogP contribution is 2.33. The average molecular weight is 373 g/mol. The minimum absolute atomic E-state index is 1.14. The Morgan fingerprint density at radius 2 is 0.966 bits per heavy atom. The summed E-state index contributed by atoms with van der Waals surface area (Å²) in [4.78, 5) is 0. The zero-order valence-corrected chi connectivity index (χ0v) is 16.0. The summed E-state index contributed by atoms with van der Waals surface area (Å²) in [5.74, 6) is 0. The molecular formula is C27H21N2+. The fourth-order valence-corrected chi connectivity index (χ4v) is 3.77. The molecule has 0 bridgehead atoms. The number of benzene rings is 4. The van der Waals surface area contributed by atoms with Gasteiger partial charge in [-0.15, -0.1) is 0 Å². The molecule has 2 heteroatoms. The van der Waals surface area contributed by atoms with Crippen molar-refractivity contribution < 1.29 is 4.57 Å². The first-order chi connectivity index (χ1) is 14.4. The first-order valence-electron chi connectivity index (χ1n) is 9.80. The average Bonchev–Trinajstić information content (AvgIpc) is 3.22. The van der Waals surface area contributed by atoms with Crippen LogP contribution >= 0.6 is 0 Å². The molecule has 0 aliphatic rings. The van der Waals surface area contributed by atoms with Gasteiger partial charge >= 0.3 is 0 Å². The number of rotatable bonds is 4. The molecule has 0 aliphatic carbocycles. The van der Waals surface area contributed by atoms with E-state index in [4.69, 9.17) is 0 Å². The topological polar surface area (TPSA) is 8.81 Å². The van der Waals surface area contributed by atoms with E-state index in [0.717, 1.165) is 11.4 Å². The first kappa shape index (κ1) is 17.2. The standard InChI is InChI=1S/C27H21N2/c1-5-13-22(14-6-1)26-27(23-15-7-2-8-16-23)29(25-19-11-4-12-20-25)21-28(26)24-17-9-3-10-18-24/h1-21H/q+1. The molecule has 138 valence electrons. The summed E-state index contributed by atoms with van der Waals surface area (Å²) in [5, 5.41) is 0. The van der Waals surface area contributed by atoms with Gasteiger partial charge < -0.3 is 0 Å². The van der Waals surface area contributed by atoms with Gasteiger partial charge in [0.2, 0.25) is 0 Å². The lowest BCUT2D eigenvalue weighted by atomic mass is 10.0. The quantitative estimate of drug-likeness (QED) is 0.337. The lowest BCUT2D eigenvalue weighted by molar-refractivity contribution is -0.583. The van der Waals surface area contributed by atoms with Crippen molar-refractivity contribution in [2.75, 3.05) is 0 Å². The molecule has 0 aliphatic heterocycles. The number of imidazole rings is 1. The second kappa shape index (κ2) is 7.61. The molecular weight excluding hydrogens is 352 g/mol. The van der Waals surface area contributed by atoms with E-state index in [1.54, 1.807) is 0 Å². The fraction of sp³-hybridized carbons (Fsp3) is 0. The van der Waals surface area contributed by atoms with E-state index in [1.807, 2.05) is 0 Å². The smallest absolute Gasteiger partial charge is 0.194 e. The van der Waals surface area contributed by atoms with E-state index in [-0.39, 0.29) is 0 Å². The van der Waals surface area contributed by atoms with Gasteiger partial charge in [-0.25, -0.2) is 0 Å². The van der Waals surface area contributed by atoms with Gasteiger partial charge in [0.25, 0.3) is 6.33 Å². The third kappa shape index (κ3) is 3.26. The van der Waals surface area contributed by atoms with E-state index in [1.165, 1.54) is 22.5 Å². The van der Waals surface area contributed by atoms with Crippen LogP contribution in [0, 0.1) is 0 Å². The summed E-state index contributed by atoms with van der Waals surface area (Å²) >= 11 is 0. The van der Waals surface area contributed by atoms with E-state index in [0.29, 0.717) is 0 Å². The van der Waals surface area contributed by atoms with Crippen LogP contribution in [-0.2, 0) is 0 Å². The Morgan fingerprint density at radius 3 is 1.55 bits per heavy atom. The molecule has 0 amide bonds. The summed E-state index contributed by atoms with van der Waals surface area (Å²) in [6.07, 6.45) is 2.19. The van der Waals surface area contributed by atoms with Gasteiger partial charge in [-0.2, -0.15) is 9.13 Å². The van der Waals surface area contributed by atoms with Gasteiger partial charge in [0, 0.05) is 11.1 Å². The predicted molar refractivity (Wildman–Crippen MR) is 118 cm³/mol. The first-order valence-corrected chi connectivity index (χ1v) is 9.80. The molecule has 0 atom stereocenters. The largest absolute Gasteiger partial charge is 0.255 e. The Kier molecular flexibility index (Phi) is 4.51. The van der Waals surface area contributed by atoms with Crippen molar-refractivity contribution in [2.45, 2.75) is 0 Å². The van der Waals surface area contributed by atoms with Gasteiger partial charge in [-0.1, -0.05) is 97.1 Å². The van der Waals surface area contributed by atoms with Crippen LogP contribution < -0.4 is 4.57 Å². The second-order valence-corrected chi connectivity index (χ2v) is 6.96. The molecule has 0 radical (unpaired) electrons. The number of hydrogen-bond donors (Lipinski definition) is 0. The highest BCUT2D eigenvalue weighted by atomic mass is 15.2. The molecule has 1 aromatic heterocycles. The van der Waals surface area contributed by atoms with Gasteiger partial charge in [0.15, 0.2) is 11.4 Å². The maximum absolute atomic E-state index is 2.28. The molecule has 0 N–H and O–H groups in total. The molecule has 0 fully saturated rings. The van der Waals surface area contributed by atoms with Gasteiger partial charge in [0.05, 0.1) is 0 Å². The SMILES string of the molecule is c1ccc(-c2c(-c3ccccc3)[n+](-c3ccccc3)cn2-c2ccccc2)cc1. The van der Waals surface area contributed by atoms with Crippen LogP contribution in [0.3, 0.4) is 0 Å². The van der Waals surface area contributed by atoms with E-state index in [9.17, 15) is 0 Å². The van der Waals surface area contributed by atoms with Crippen molar-refractivity contribution in [2.24, 2.45) is 0 Å². The second-order valence-electron chi connectivity index (χ2n) is 6.96. The van der Waals surface area contributed by atoms with Gasteiger partial charge in [0.1, 0.15) is 11.4 Å². The molecule has 29 heavy (non-hydrogen) atoms. The van der Waals surface area contributed by atoms with Crippen LogP contribution in [0.1, 0.15) is 0 Å². The summed E-state index contributed by atoms with van der Waals surface area (Å²) in [6.45, 7) is 0. The minimum Gasteiger partial charge on any atom is -0.194 e. The van der Waals surface area contributed by atoms with Crippen LogP contribution in [-0.4, -0.2) is 4.57 Å². The molecule has 0 spiro atoms. The van der Waals surface area contributed by atoms with Crippen LogP contribution in [0.15, 0.2) is 128 Å². The molecule has 1 heterocycles. The maximum Gasteiger partial charge on any atom is 0.255 e. The highest BCUT2D eigenvalue weighted by molar-refractivity contribution is 5.78. The van der Waals surface area contributed by atoms with Crippen molar-refractivity contribution >= 4 is 0 Å². The third-order valence-corrected chi connectivity index (χ3v) is 5.10. The molecule has 0 unspecified atom stereocenters. The van der Waals surface area contributed by atoms with Crippen LogP contribution in [0.5, 0.6) is 0 Å². The molecule has 0 saturated carbocycles. The molecule has 5 aromatic rings. The number of para-hydroxylation sites is 2. The number of aromatic nitrogens is 2. The molecule has 5 rings (SSSR count). The summed E-state index contributed by atoms with van der Waals surface area (Å²) in [7, 11) is 0. The lowest BCUT2D eigenvalue weighted by Crippen LogP contribution is -2.30. The normalized spacial score (nSPS) is 10.8. The summed E-state index contributed by atoms with van der Waals surface area (Å²) in [6, 6.07) is 42.3. The monoisotopic (exact) mass is 373 g/mol. The zero-order chi connectivity index (χ0) is 19.5. The van der Waals surface area contributed by atoms with E-state index >= 15 is 0 Å². The lowest BCUT2D eigenvalue weighted by Gasteiger charge is -2.06. The van der Waals surface area contributed by atoms with Crippen LogP contribution in [0.25, 0.3) is 33.9 Å². The zero-order valence-electron chi connectivity index (χ0n) is 16.0. The van der Waals surface area contributed by atoms with Crippen molar-refractivity contribution in [1.82, 2.24) is 4.57 Å². The Labute approximate surface area is 171 Å².